The van der Waals surface area contributed by atoms with Crippen molar-refractivity contribution < 1.29 is 28.3 Å². The van der Waals surface area contributed by atoms with E-state index in [0.29, 0.717) is 21.6 Å². The lowest BCUT2D eigenvalue weighted by molar-refractivity contribution is -0.138. The number of ketones is 1. The van der Waals surface area contributed by atoms with Crippen LogP contribution in [-0.2, 0) is 9.59 Å². The minimum absolute atomic E-state index is 0.0230. The average molecular weight is 649 g/mol. The number of nitriles is 1. The van der Waals surface area contributed by atoms with E-state index < -0.39 is 33.0 Å². The van der Waals surface area contributed by atoms with Crippen molar-refractivity contribution in [3.05, 3.63) is 96.1 Å². The van der Waals surface area contributed by atoms with Crippen molar-refractivity contribution in [3.63, 3.8) is 0 Å². The Bertz CT molecular complexity index is 1810. The molecule has 4 aromatic rings. The number of carboxylic acid groups (broad SMARTS) is 1. The highest BCUT2D eigenvalue weighted by Gasteiger charge is 2.30. The highest BCUT2D eigenvalue weighted by Crippen LogP contribution is 2.40. The summed E-state index contributed by atoms with van der Waals surface area (Å²) < 4.78 is 26.9. The number of pyridine rings is 2. The molecule has 12 heteroatoms. The quantitative estimate of drug-likeness (QED) is 0.180. The Morgan fingerprint density at radius 1 is 0.800 bits per heavy atom. The summed E-state index contributed by atoms with van der Waals surface area (Å²) in [6, 6.07) is 13.5. The SMILES string of the molecule is CC(=O)C(C)(C)Sc1ccncc1-c1ccc(C(N)=O)cc1F.CC(C)(Sc1ccncc1-c1ccc(C#N)cc1F)C(=O)O. The summed E-state index contributed by atoms with van der Waals surface area (Å²) in [5.74, 6) is -2.72. The van der Waals surface area contributed by atoms with E-state index in [1.807, 2.05) is 19.9 Å². The zero-order valence-electron chi connectivity index (χ0n) is 25.1. The summed E-state index contributed by atoms with van der Waals surface area (Å²) >= 11 is 2.47. The normalized spacial score (nSPS) is 11.2. The van der Waals surface area contributed by atoms with E-state index in [2.05, 4.69) is 9.97 Å². The van der Waals surface area contributed by atoms with Crippen LogP contribution < -0.4 is 5.73 Å². The summed E-state index contributed by atoms with van der Waals surface area (Å²) in [4.78, 5) is 43.5. The average Bonchev–Trinajstić information content (AvgIpc) is 2.97. The Labute approximate surface area is 268 Å². The molecular weight excluding hydrogens is 619 g/mol. The molecule has 2 heterocycles. The van der Waals surface area contributed by atoms with Crippen LogP contribution in [0.4, 0.5) is 8.78 Å². The molecule has 0 radical (unpaired) electrons. The third-order valence-electron chi connectivity index (χ3n) is 6.59. The number of primary amides is 1. The zero-order chi connectivity index (χ0) is 33.5. The maximum Gasteiger partial charge on any atom is 0.319 e. The van der Waals surface area contributed by atoms with Gasteiger partial charge in [-0.2, -0.15) is 5.26 Å². The highest BCUT2D eigenvalue weighted by molar-refractivity contribution is 8.01. The van der Waals surface area contributed by atoms with Gasteiger partial charge in [0, 0.05) is 62.4 Å². The number of benzene rings is 2. The molecule has 0 aliphatic heterocycles. The minimum atomic E-state index is -1.06. The van der Waals surface area contributed by atoms with Crippen LogP contribution in [0, 0.1) is 23.0 Å². The number of aliphatic carboxylic acids is 1. The molecule has 0 spiro atoms. The van der Waals surface area contributed by atoms with Crippen LogP contribution in [-0.4, -0.2) is 42.2 Å². The van der Waals surface area contributed by atoms with E-state index in [1.165, 1.54) is 55.3 Å². The smallest absolute Gasteiger partial charge is 0.319 e. The minimum Gasteiger partial charge on any atom is -0.480 e. The van der Waals surface area contributed by atoms with Crippen molar-refractivity contribution in [1.82, 2.24) is 9.97 Å². The Balaban J connectivity index is 0.000000246. The first-order chi connectivity index (χ1) is 21.1. The van der Waals surface area contributed by atoms with Gasteiger partial charge in [-0.05, 0) is 71.0 Å². The van der Waals surface area contributed by atoms with Crippen LogP contribution in [0.15, 0.2) is 83.1 Å². The number of nitrogens with zero attached hydrogens (tertiary/aromatic N) is 3. The first-order valence-electron chi connectivity index (χ1n) is 13.4. The summed E-state index contributed by atoms with van der Waals surface area (Å²) in [5, 5.41) is 18.0. The summed E-state index contributed by atoms with van der Waals surface area (Å²) in [5.41, 5.74) is 7.16. The molecule has 8 nitrogen and oxygen atoms in total. The number of aromatic nitrogens is 2. The molecule has 232 valence electrons. The van der Waals surface area contributed by atoms with Crippen LogP contribution in [0.3, 0.4) is 0 Å². The van der Waals surface area contributed by atoms with E-state index in [9.17, 15) is 28.3 Å². The molecule has 1 amide bonds. The first kappa shape index (κ1) is 34.9. The van der Waals surface area contributed by atoms with Crippen molar-refractivity contribution >= 4 is 41.2 Å². The highest BCUT2D eigenvalue weighted by atomic mass is 32.2. The molecule has 0 saturated heterocycles. The molecule has 45 heavy (non-hydrogen) atoms. The maximum absolute atomic E-state index is 14.4. The van der Waals surface area contributed by atoms with Crippen LogP contribution in [0.25, 0.3) is 22.3 Å². The summed E-state index contributed by atoms with van der Waals surface area (Å²) in [6.45, 7) is 8.32. The molecule has 0 fully saturated rings. The zero-order valence-corrected chi connectivity index (χ0v) is 26.7. The molecular formula is C33H30F2N4O4S2. The monoisotopic (exact) mass is 648 g/mol. The van der Waals surface area contributed by atoms with E-state index in [1.54, 1.807) is 38.4 Å². The predicted octanol–water partition coefficient (Wildman–Crippen LogP) is 7.16. The molecule has 0 bridgehead atoms. The lowest BCUT2D eigenvalue weighted by Gasteiger charge is -2.22. The third kappa shape index (κ3) is 8.74. The number of rotatable bonds is 9. The molecule has 2 aromatic heterocycles. The number of halogens is 2. The number of amides is 1. The molecule has 0 saturated carbocycles. The van der Waals surface area contributed by atoms with Gasteiger partial charge in [0.25, 0.3) is 0 Å². The van der Waals surface area contributed by atoms with E-state index in [4.69, 9.17) is 11.0 Å². The number of carboxylic acids is 1. The third-order valence-corrected chi connectivity index (χ3v) is 9.22. The van der Waals surface area contributed by atoms with Gasteiger partial charge in [-0.25, -0.2) is 8.78 Å². The van der Waals surface area contributed by atoms with Gasteiger partial charge in [0.1, 0.15) is 22.2 Å². The fraction of sp³-hybridized carbons (Fsp3) is 0.212. The Kier molecular flexibility index (Phi) is 11.2. The summed E-state index contributed by atoms with van der Waals surface area (Å²) in [6.07, 6.45) is 6.16. The molecule has 4 rings (SSSR count). The number of Topliss-reactive ketones (excluding diaryl/α,β-unsaturated/α-hetero) is 1. The lowest BCUT2D eigenvalue weighted by atomic mass is 10.0. The van der Waals surface area contributed by atoms with Gasteiger partial charge in [0.2, 0.25) is 5.91 Å². The standard InChI is InChI=1S/C17H17FN2O2S.C16H13FN2O2S/c1-10(21)17(2,3)23-15-6-7-20-9-13(15)12-5-4-11(16(19)22)8-14(12)18;1-16(2,15(20)21)22-14-5-6-19-9-12(14)11-4-3-10(8-18)7-13(11)17/h4-9H,1-3H3,(H2,19,22);3-7,9H,1-2H3,(H,20,21). The number of carbonyl (C=O) groups is 3. The molecule has 0 aliphatic rings. The van der Waals surface area contributed by atoms with Gasteiger partial charge in [-0.1, -0.05) is 12.1 Å². The van der Waals surface area contributed by atoms with Crippen LogP contribution >= 0.6 is 23.5 Å². The molecule has 0 atom stereocenters. The summed E-state index contributed by atoms with van der Waals surface area (Å²) in [7, 11) is 0. The fourth-order valence-electron chi connectivity index (χ4n) is 3.70. The van der Waals surface area contributed by atoms with Crippen molar-refractivity contribution in [3.8, 4) is 28.3 Å². The second-order valence-corrected chi connectivity index (χ2v) is 14.0. The number of hydrogen-bond donors (Lipinski definition) is 2. The Hall–Kier alpha value is -4.60. The molecule has 3 N–H and O–H groups in total. The van der Waals surface area contributed by atoms with Crippen molar-refractivity contribution in [2.24, 2.45) is 5.73 Å². The molecule has 0 aliphatic carbocycles. The Morgan fingerprint density at radius 3 is 1.71 bits per heavy atom. The van der Waals surface area contributed by atoms with E-state index >= 15 is 0 Å². The van der Waals surface area contributed by atoms with Gasteiger partial charge in [-0.15, -0.1) is 23.5 Å². The second kappa shape index (κ2) is 14.5. The van der Waals surface area contributed by atoms with Crippen molar-refractivity contribution in [2.45, 2.75) is 53.9 Å². The number of thioether (sulfide) groups is 2. The van der Waals surface area contributed by atoms with Crippen molar-refractivity contribution in [2.75, 3.05) is 0 Å². The topological polar surface area (TPSA) is 147 Å². The Morgan fingerprint density at radius 2 is 1.29 bits per heavy atom. The van der Waals surface area contributed by atoms with Gasteiger partial charge in [-0.3, -0.25) is 24.4 Å². The van der Waals surface area contributed by atoms with E-state index in [0.717, 1.165) is 28.8 Å². The van der Waals surface area contributed by atoms with Crippen LogP contribution in [0.2, 0.25) is 0 Å². The van der Waals surface area contributed by atoms with Gasteiger partial charge >= 0.3 is 5.97 Å². The maximum atomic E-state index is 14.4. The first-order valence-corrected chi connectivity index (χ1v) is 15.0. The molecule has 2 aromatic carbocycles. The second-order valence-electron chi connectivity index (χ2n) is 10.7. The number of hydrogen-bond acceptors (Lipinski definition) is 8. The largest absolute Gasteiger partial charge is 0.480 e. The van der Waals surface area contributed by atoms with Gasteiger partial charge in [0.05, 0.1) is 16.4 Å². The van der Waals surface area contributed by atoms with Gasteiger partial charge < -0.3 is 10.8 Å². The lowest BCUT2D eigenvalue weighted by Crippen LogP contribution is -2.27. The predicted molar refractivity (Wildman–Crippen MR) is 171 cm³/mol. The number of nitrogens with two attached hydrogens (primary N) is 1. The van der Waals surface area contributed by atoms with E-state index in [-0.39, 0.29) is 22.5 Å². The van der Waals surface area contributed by atoms with Gasteiger partial charge in [0.15, 0.2) is 0 Å². The van der Waals surface area contributed by atoms with Crippen molar-refractivity contribution in [1.29, 1.82) is 5.26 Å². The number of carbonyl (C=O) groups excluding carboxylic acids is 2. The molecule has 0 unspecified atom stereocenters. The van der Waals surface area contributed by atoms with Crippen LogP contribution in [0.1, 0.15) is 50.5 Å². The fourth-order valence-corrected chi connectivity index (χ4v) is 5.83. The van der Waals surface area contributed by atoms with Crippen LogP contribution in [0.5, 0.6) is 0 Å².